The number of halogens is 2. The molecule has 0 radical (unpaired) electrons. The summed E-state index contributed by atoms with van der Waals surface area (Å²) in [6.07, 6.45) is 0. The molecule has 0 bridgehead atoms. The van der Waals surface area contributed by atoms with Crippen LogP contribution in [0, 0.1) is 6.57 Å². The second-order valence-electron chi connectivity index (χ2n) is 3.47. The van der Waals surface area contributed by atoms with E-state index in [1.54, 1.807) is 12.1 Å². The molecule has 1 aliphatic rings. The third-order valence-electron chi connectivity index (χ3n) is 2.49. The van der Waals surface area contributed by atoms with Gasteiger partial charge in [-0.1, -0.05) is 23.2 Å². The van der Waals surface area contributed by atoms with E-state index in [4.69, 9.17) is 34.5 Å². The summed E-state index contributed by atoms with van der Waals surface area (Å²) in [5.41, 5.74) is 1.27. The standard InChI is InChI=1S/C11H10Cl2N2O/c1-14-11-9(12)6-8(7-10(11)13)15-2-4-16-5-3-15/h6-7H,2-5H2. The van der Waals surface area contributed by atoms with Gasteiger partial charge >= 0.3 is 0 Å². The summed E-state index contributed by atoms with van der Waals surface area (Å²) in [5.74, 6) is 0. The first-order valence-corrected chi connectivity index (χ1v) is 5.67. The summed E-state index contributed by atoms with van der Waals surface area (Å²) < 4.78 is 5.27. The normalized spacial score (nSPS) is 15.9. The van der Waals surface area contributed by atoms with Gasteiger partial charge in [0, 0.05) is 18.8 Å². The molecule has 1 aliphatic heterocycles. The molecule has 0 aliphatic carbocycles. The first-order chi connectivity index (χ1) is 7.72. The van der Waals surface area contributed by atoms with Crippen LogP contribution in [0.1, 0.15) is 0 Å². The Kier molecular flexibility index (Phi) is 3.55. The van der Waals surface area contributed by atoms with Gasteiger partial charge in [-0.3, -0.25) is 0 Å². The monoisotopic (exact) mass is 256 g/mol. The molecule has 0 N–H and O–H groups in total. The van der Waals surface area contributed by atoms with Gasteiger partial charge in [0.1, 0.15) is 0 Å². The average molecular weight is 257 g/mol. The highest BCUT2D eigenvalue weighted by Crippen LogP contribution is 2.37. The fourth-order valence-corrected chi connectivity index (χ4v) is 2.22. The topological polar surface area (TPSA) is 16.8 Å². The van der Waals surface area contributed by atoms with E-state index < -0.39 is 0 Å². The van der Waals surface area contributed by atoms with Crippen LogP contribution in [0.2, 0.25) is 10.0 Å². The Labute approximate surface area is 104 Å². The largest absolute Gasteiger partial charge is 0.378 e. The van der Waals surface area contributed by atoms with Gasteiger partial charge in [0.15, 0.2) is 0 Å². The van der Waals surface area contributed by atoms with Crippen molar-refractivity contribution < 1.29 is 4.74 Å². The Morgan fingerprint density at radius 2 is 1.75 bits per heavy atom. The van der Waals surface area contributed by atoms with E-state index in [0.29, 0.717) is 28.9 Å². The van der Waals surface area contributed by atoms with E-state index in [0.717, 1.165) is 18.8 Å². The minimum absolute atomic E-state index is 0.320. The minimum atomic E-state index is 0.320. The van der Waals surface area contributed by atoms with Gasteiger partial charge in [0.2, 0.25) is 5.69 Å². The summed E-state index contributed by atoms with van der Waals surface area (Å²) >= 11 is 12.0. The van der Waals surface area contributed by atoms with E-state index in [-0.39, 0.29) is 0 Å². The number of anilines is 1. The molecule has 1 heterocycles. The number of benzene rings is 1. The average Bonchev–Trinajstić information content (AvgIpc) is 2.30. The van der Waals surface area contributed by atoms with Crippen molar-refractivity contribution in [3.63, 3.8) is 0 Å². The maximum Gasteiger partial charge on any atom is 0.223 e. The van der Waals surface area contributed by atoms with Gasteiger partial charge in [-0.2, -0.15) is 0 Å². The molecule has 2 rings (SSSR count). The number of hydrogen-bond donors (Lipinski definition) is 0. The summed E-state index contributed by atoms with van der Waals surface area (Å²) in [6, 6.07) is 3.57. The highest BCUT2D eigenvalue weighted by Gasteiger charge is 2.15. The van der Waals surface area contributed by atoms with Crippen LogP contribution in [-0.2, 0) is 4.74 Å². The molecule has 3 nitrogen and oxygen atoms in total. The summed E-state index contributed by atoms with van der Waals surface area (Å²) in [4.78, 5) is 5.45. The van der Waals surface area contributed by atoms with Crippen LogP contribution < -0.4 is 4.90 Å². The van der Waals surface area contributed by atoms with E-state index in [1.165, 1.54) is 0 Å². The minimum Gasteiger partial charge on any atom is -0.378 e. The van der Waals surface area contributed by atoms with Gasteiger partial charge in [-0.15, -0.1) is 0 Å². The van der Waals surface area contributed by atoms with Crippen molar-refractivity contribution in [2.24, 2.45) is 0 Å². The number of ether oxygens (including phenoxy) is 1. The molecule has 16 heavy (non-hydrogen) atoms. The van der Waals surface area contributed by atoms with Gasteiger partial charge in [-0.25, -0.2) is 4.85 Å². The summed E-state index contributed by atoms with van der Waals surface area (Å²) in [6.45, 7) is 10.0. The molecule has 0 saturated carbocycles. The van der Waals surface area contributed by atoms with Crippen molar-refractivity contribution in [1.29, 1.82) is 0 Å². The fourth-order valence-electron chi connectivity index (χ4n) is 1.66. The Balaban J connectivity index is 2.32. The molecule has 1 fully saturated rings. The van der Waals surface area contributed by atoms with Crippen molar-refractivity contribution in [2.45, 2.75) is 0 Å². The summed E-state index contributed by atoms with van der Waals surface area (Å²) in [7, 11) is 0. The highest BCUT2D eigenvalue weighted by molar-refractivity contribution is 6.39. The SMILES string of the molecule is [C-]#[N+]c1c(Cl)cc(N2CCOCC2)cc1Cl. The quantitative estimate of drug-likeness (QED) is 0.717. The van der Waals surface area contributed by atoms with Gasteiger partial charge < -0.3 is 9.64 Å². The molecular weight excluding hydrogens is 247 g/mol. The van der Waals surface area contributed by atoms with Crippen LogP contribution in [-0.4, -0.2) is 26.3 Å². The van der Waals surface area contributed by atoms with Crippen LogP contribution >= 0.6 is 23.2 Å². The van der Waals surface area contributed by atoms with Crippen molar-refractivity contribution in [1.82, 2.24) is 0 Å². The molecule has 0 atom stereocenters. The van der Waals surface area contributed by atoms with Gasteiger partial charge in [-0.05, 0) is 12.1 Å². The van der Waals surface area contributed by atoms with Gasteiger partial charge in [0.05, 0.1) is 29.8 Å². The molecule has 0 spiro atoms. The number of nitrogens with zero attached hydrogens (tertiary/aromatic N) is 2. The predicted octanol–water partition coefficient (Wildman–Crippen LogP) is 3.38. The van der Waals surface area contributed by atoms with Gasteiger partial charge in [0.25, 0.3) is 0 Å². The molecule has 0 unspecified atom stereocenters. The number of rotatable bonds is 1. The molecule has 1 aromatic rings. The maximum absolute atomic E-state index is 6.96. The van der Waals surface area contributed by atoms with Crippen molar-refractivity contribution in [3.8, 4) is 0 Å². The second kappa shape index (κ2) is 4.92. The van der Waals surface area contributed by atoms with Crippen molar-refractivity contribution in [2.75, 3.05) is 31.2 Å². The molecule has 1 saturated heterocycles. The predicted molar refractivity (Wildman–Crippen MR) is 65.8 cm³/mol. The van der Waals surface area contributed by atoms with Crippen molar-refractivity contribution >= 4 is 34.6 Å². The Hall–Kier alpha value is -0.950. The van der Waals surface area contributed by atoms with Crippen LogP contribution in [0.15, 0.2) is 12.1 Å². The van der Waals surface area contributed by atoms with E-state index in [2.05, 4.69) is 9.74 Å². The fraction of sp³-hybridized carbons (Fsp3) is 0.364. The second-order valence-corrected chi connectivity index (χ2v) is 4.28. The summed E-state index contributed by atoms with van der Waals surface area (Å²) in [5, 5.41) is 0.813. The Morgan fingerprint density at radius 1 is 1.19 bits per heavy atom. The smallest absolute Gasteiger partial charge is 0.223 e. The Bertz CT molecular complexity index is 413. The van der Waals surface area contributed by atoms with Crippen LogP contribution in [0.25, 0.3) is 4.85 Å². The highest BCUT2D eigenvalue weighted by atomic mass is 35.5. The molecule has 5 heteroatoms. The molecule has 0 aromatic heterocycles. The zero-order valence-corrected chi connectivity index (χ0v) is 10.1. The zero-order valence-electron chi connectivity index (χ0n) is 8.54. The number of hydrogen-bond acceptors (Lipinski definition) is 2. The third kappa shape index (κ3) is 2.25. The number of morpholine rings is 1. The lowest BCUT2D eigenvalue weighted by atomic mass is 10.2. The molecule has 84 valence electrons. The Morgan fingerprint density at radius 3 is 2.25 bits per heavy atom. The maximum atomic E-state index is 6.96. The van der Waals surface area contributed by atoms with E-state index in [9.17, 15) is 0 Å². The van der Waals surface area contributed by atoms with E-state index >= 15 is 0 Å². The first kappa shape index (κ1) is 11.5. The van der Waals surface area contributed by atoms with Crippen LogP contribution in [0.3, 0.4) is 0 Å². The van der Waals surface area contributed by atoms with Crippen LogP contribution in [0.5, 0.6) is 0 Å². The lowest BCUT2D eigenvalue weighted by Gasteiger charge is -2.29. The molecular formula is C11H10Cl2N2O. The lowest BCUT2D eigenvalue weighted by molar-refractivity contribution is 0.122. The van der Waals surface area contributed by atoms with Crippen molar-refractivity contribution in [3.05, 3.63) is 33.6 Å². The third-order valence-corrected chi connectivity index (χ3v) is 3.07. The van der Waals surface area contributed by atoms with Crippen LogP contribution in [0.4, 0.5) is 11.4 Å². The molecule has 0 amide bonds. The van der Waals surface area contributed by atoms with E-state index in [1.807, 2.05) is 0 Å². The zero-order chi connectivity index (χ0) is 11.5. The molecule has 1 aromatic carbocycles. The first-order valence-electron chi connectivity index (χ1n) is 4.91. The lowest BCUT2D eigenvalue weighted by Crippen LogP contribution is -2.36.